The van der Waals surface area contributed by atoms with Crippen molar-refractivity contribution in [2.24, 2.45) is 0 Å². The number of hydrogen-bond donors (Lipinski definition) is 0. The fourth-order valence-electron chi connectivity index (χ4n) is 4.69. The van der Waals surface area contributed by atoms with Crippen LogP contribution in [0.3, 0.4) is 0 Å². The maximum absolute atomic E-state index is 13.2. The number of carbonyl (C=O) groups is 1. The zero-order valence-electron chi connectivity index (χ0n) is 20.6. The number of fused-ring (bicyclic) bond motifs is 1. The topological polar surface area (TPSA) is 75.1 Å². The van der Waals surface area contributed by atoms with Crippen LogP contribution in [-0.2, 0) is 11.3 Å². The van der Waals surface area contributed by atoms with Gasteiger partial charge in [0.2, 0.25) is 5.91 Å². The summed E-state index contributed by atoms with van der Waals surface area (Å²) >= 11 is 0. The molecule has 0 N–H and O–H groups in total. The number of methoxy groups -OCH3 is 3. The molecule has 0 bridgehead atoms. The van der Waals surface area contributed by atoms with E-state index in [9.17, 15) is 4.79 Å². The van der Waals surface area contributed by atoms with E-state index in [-0.39, 0.29) is 11.8 Å². The van der Waals surface area contributed by atoms with Gasteiger partial charge in [0.05, 0.1) is 44.6 Å². The van der Waals surface area contributed by atoms with Crippen molar-refractivity contribution in [3.8, 4) is 23.0 Å². The molecule has 1 fully saturated rings. The zero-order valence-corrected chi connectivity index (χ0v) is 20.6. The predicted octanol–water partition coefficient (Wildman–Crippen LogP) is 4.66. The van der Waals surface area contributed by atoms with Crippen LogP contribution in [-0.4, -0.2) is 49.9 Å². The smallest absolute Gasteiger partial charge is 0.227 e. The fraction of sp³-hybridized carbons (Fsp3) is 0.286. The largest absolute Gasteiger partial charge is 0.497 e. The molecule has 1 saturated heterocycles. The number of nitrogens with zero attached hydrogens (tertiary/aromatic N) is 3. The van der Waals surface area contributed by atoms with Gasteiger partial charge in [-0.3, -0.25) is 4.79 Å². The lowest BCUT2D eigenvalue weighted by Crippen LogP contribution is -2.25. The molecule has 2 heterocycles. The van der Waals surface area contributed by atoms with Crippen LogP contribution < -0.4 is 23.8 Å². The second kappa shape index (κ2) is 10.2. The van der Waals surface area contributed by atoms with Crippen LogP contribution in [0.15, 0.2) is 66.7 Å². The highest BCUT2D eigenvalue weighted by atomic mass is 16.5. The number of benzene rings is 3. The average Bonchev–Trinajstić information content (AvgIpc) is 3.49. The Morgan fingerprint density at radius 1 is 0.889 bits per heavy atom. The Labute approximate surface area is 210 Å². The van der Waals surface area contributed by atoms with E-state index in [0.29, 0.717) is 43.3 Å². The van der Waals surface area contributed by atoms with E-state index in [1.165, 1.54) is 0 Å². The molecular weight excluding hydrogens is 458 g/mol. The predicted molar refractivity (Wildman–Crippen MR) is 137 cm³/mol. The lowest BCUT2D eigenvalue weighted by molar-refractivity contribution is -0.117. The highest BCUT2D eigenvalue weighted by Crippen LogP contribution is 2.39. The minimum atomic E-state index is -0.0678. The first kappa shape index (κ1) is 23.5. The van der Waals surface area contributed by atoms with Crippen LogP contribution in [0, 0.1) is 0 Å². The van der Waals surface area contributed by atoms with Crippen molar-refractivity contribution in [2.75, 3.05) is 39.4 Å². The molecule has 0 aliphatic carbocycles. The summed E-state index contributed by atoms with van der Waals surface area (Å²) in [5.74, 6) is 3.70. The first-order valence-electron chi connectivity index (χ1n) is 11.9. The second-order valence-electron chi connectivity index (χ2n) is 8.58. The summed E-state index contributed by atoms with van der Waals surface area (Å²) in [6.07, 6.45) is 0.364. The van der Waals surface area contributed by atoms with Gasteiger partial charge < -0.3 is 28.4 Å². The number of rotatable bonds is 9. The van der Waals surface area contributed by atoms with Crippen LogP contribution >= 0.6 is 0 Å². The third kappa shape index (κ3) is 4.54. The first-order chi connectivity index (χ1) is 17.6. The molecule has 3 aromatic carbocycles. The molecule has 1 amide bonds. The Kier molecular flexibility index (Phi) is 6.66. The average molecular weight is 488 g/mol. The van der Waals surface area contributed by atoms with E-state index in [1.807, 2.05) is 60.7 Å². The normalized spacial score (nSPS) is 15.4. The molecule has 8 nitrogen and oxygen atoms in total. The number of hydrogen-bond acceptors (Lipinski definition) is 6. The van der Waals surface area contributed by atoms with Crippen molar-refractivity contribution < 1.29 is 23.7 Å². The van der Waals surface area contributed by atoms with Gasteiger partial charge >= 0.3 is 0 Å². The minimum Gasteiger partial charge on any atom is -0.497 e. The molecule has 1 atom stereocenters. The van der Waals surface area contributed by atoms with Crippen molar-refractivity contribution in [1.82, 2.24) is 9.55 Å². The summed E-state index contributed by atoms with van der Waals surface area (Å²) in [6, 6.07) is 21.0. The van der Waals surface area contributed by atoms with Gasteiger partial charge in [-0.15, -0.1) is 0 Å². The summed E-state index contributed by atoms with van der Waals surface area (Å²) < 4.78 is 24.3. The molecule has 0 radical (unpaired) electrons. The van der Waals surface area contributed by atoms with Crippen molar-refractivity contribution in [1.29, 1.82) is 0 Å². The number of carbonyl (C=O) groups excluding carboxylic acids is 1. The molecule has 1 aromatic heterocycles. The van der Waals surface area contributed by atoms with Gasteiger partial charge in [-0.1, -0.05) is 12.1 Å². The van der Waals surface area contributed by atoms with Crippen molar-refractivity contribution in [2.45, 2.75) is 18.9 Å². The Balaban J connectivity index is 1.40. The summed E-state index contributed by atoms with van der Waals surface area (Å²) in [5, 5.41) is 0. The third-order valence-corrected chi connectivity index (χ3v) is 6.49. The Bertz CT molecular complexity index is 1370. The van der Waals surface area contributed by atoms with E-state index in [2.05, 4.69) is 10.6 Å². The summed E-state index contributed by atoms with van der Waals surface area (Å²) in [5.41, 5.74) is 2.63. The maximum Gasteiger partial charge on any atom is 0.227 e. The maximum atomic E-state index is 13.2. The third-order valence-electron chi connectivity index (χ3n) is 6.49. The zero-order chi connectivity index (χ0) is 25.1. The highest BCUT2D eigenvalue weighted by molar-refractivity contribution is 5.98. The molecule has 4 aromatic rings. The minimum absolute atomic E-state index is 0.0274. The molecule has 1 aliphatic rings. The Morgan fingerprint density at radius 2 is 1.61 bits per heavy atom. The molecule has 0 spiro atoms. The van der Waals surface area contributed by atoms with Crippen molar-refractivity contribution in [3.05, 3.63) is 72.6 Å². The van der Waals surface area contributed by atoms with Gasteiger partial charge in [0.1, 0.15) is 35.4 Å². The number of para-hydroxylation sites is 2. The molecule has 0 unspecified atom stereocenters. The molecule has 8 heteroatoms. The van der Waals surface area contributed by atoms with Crippen LogP contribution in [0.1, 0.15) is 18.2 Å². The van der Waals surface area contributed by atoms with Crippen LogP contribution in [0.5, 0.6) is 23.0 Å². The fourth-order valence-corrected chi connectivity index (χ4v) is 4.69. The van der Waals surface area contributed by atoms with E-state index in [1.54, 1.807) is 26.2 Å². The van der Waals surface area contributed by atoms with E-state index in [4.69, 9.17) is 23.9 Å². The van der Waals surface area contributed by atoms with Crippen LogP contribution in [0.2, 0.25) is 0 Å². The van der Waals surface area contributed by atoms with Crippen molar-refractivity contribution in [3.63, 3.8) is 0 Å². The monoisotopic (exact) mass is 487 g/mol. The Hall–Kier alpha value is -4.20. The van der Waals surface area contributed by atoms with Crippen LogP contribution in [0.25, 0.3) is 11.0 Å². The summed E-state index contributed by atoms with van der Waals surface area (Å²) in [4.78, 5) is 19.9. The number of imidazole rings is 1. The highest BCUT2D eigenvalue weighted by Gasteiger charge is 2.36. The quantitative estimate of drug-likeness (QED) is 0.342. The molecule has 186 valence electrons. The lowest BCUT2D eigenvalue weighted by atomic mass is 10.1. The van der Waals surface area contributed by atoms with E-state index < -0.39 is 0 Å². The van der Waals surface area contributed by atoms with Gasteiger partial charge in [-0.05, 0) is 48.5 Å². The van der Waals surface area contributed by atoms with Gasteiger partial charge in [-0.2, -0.15) is 0 Å². The van der Waals surface area contributed by atoms with Gasteiger partial charge in [-0.25, -0.2) is 4.98 Å². The van der Waals surface area contributed by atoms with Gasteiger partial charge in [0.15, 0.2) is 0 Å². The molecular formula is C28H29N3O5. The number of amides is 1. The SMILES string of the molecule is COc1ccc(OCCn2c([C@@H]3CC(=O)N(c4cc(OC)ccc4OC)C3)nc3ccccc32)cc1. The summed E-state index contributed by atoms with van der Waals surface area (Å²) in [7, 11) is 4.85. The molecule has 1 aliphatic heterocycles. The summed E-state index contributed by atoms with van der Waals surface area (Å²) in [6.45, 7) is 1.58. The number of anilines is 1. The van der Waals surface area contributed by atoms with Gasteiger partial charge in [0.25, 0.3) is 0 Å². The number of ether oxygens (including phenoxy) is 4. The molecule has 0 saturated carbocycles. The molecule has 36 heavy (non-hydrogen) atoms. The van der Waals surface area contributed by atoms with Crippen molar-refractivity contribution >= 4 is 22.6 Å². The van der Waals surface area contributed by atoms with E-state index >= 15 is 0 Å². The standard InChI is InChI=1S/C28H29N3O5/c1-33-20-8-10-21(11-9-20)36-15-14-30-24-7-5-4-6-23(24)29-28(30)19-16-27(32)31(18-19)25-17-22(34-2)12-13-26(25)35-3/h4-13,17,19H,14-16,18H2,1-3H3/t19-/m1/s1. The van der Waals surface area contributed by atoms with Crippen LogP contribution in [0.4, 0.5) is 5.69 Å². The van der Waals surface area contributed by atoms with E-state index in [0.717, 1.165) is 28.4 Å². The molecule has 5 rings (SSSR count). The first-order valence-corrected chi connectivity index (χ1v) is 11.9. The Morgan fingerprint density at radius 3 is 2.36 bits per heavy atom. The number of aromatic nitrogens is 2. The van der Waals surface area contributed by atoms with Gasteiger partial charge in [0, 0.05) is 24.9 Å². The second-order valence-corrected chi connectivity index (χ2v) is 8.58. The lowest BCUT2D eigenvalue weighted by Gasteiger charge is -2.20.